The molecule has 3 rings (SSSR count). The highest BCUT2D eigenvalue weighted by Crippen LogP contribution is 2.33. The van der Waals surface area contributed by atoms with Crippen molar-refractivity contribution in [1.82, 2.24) is 15.5 Å². The first-order chi connectivity index (χ1) is 10.1. The van der Waals surface area contributed by atoms with Crippen molar-refractivity contribution in [2.24, 2.45) is 5.92 Å². The number of hydrogen-bond donors (Lipinski definition) is 3. The van der Waals surface area contributed by atoms with Gasteiger partial charge in [0.05, 0.1) is 12.1 Å². The molecule has 1 amide bonds. The molecule has 2 aliphatic carbocycles. The van der Waals surface area contributed by atoms with Gasteiger partial charge in [-0.3, -0.25) is 9.89 Å². The van der Waals surface area contributed by atoms with Gasteiger partial charge in [0.25, 0.3) is 5.91 Å². The number of aromatic amines is 1. The molecule has 21 heavy (non-hydrogen) atoms. The second-order valence-electron chi connectivity index (χ2n) is 6.75. The van der Waals surface area contributed by atoms with Crippen LogP contribution in [0, 0.1) is 5.92 Å². The van der Waals surface area contributed by atoms with Gasteiger partial charge in [-0.15, -0.1) is 0 Å². The van der Waals surface area contributed by atoms with E-state index in [0.29, 0.717) is 11.6 Å². The highest BCUT2D eigenvalue weighted by molar-refractivity contribution is 5.94. The third-order valence-corrected chi connectivity index (χ3v) is 5.26. The number of hydrogen-bond acceptors (Lipinski definition) is 3. The van der Waals surface area contributed by atoms with Crippen LogP contribution in [0.15, 0.2) is 0 Å². The fourth-order valence-corrected chi connectivity index (χ4v) is 3.84. The molecule has 1 aromatic rings. The van der Waals surface area contributed by atoms with Gasteiger partial charge < -0.3 is 10.4 Å². The first-order valence-corrected chi connectivity index (χ1v) is 8.13. The monoisotopic (exact) mass is 291 g/mol. The van der Waals surface area contributed by atoms with E-state index < -0.39 is 5.54 Å². The van der Waals surface area contributed by atoms with Crippen molar-refractivity contribution in [3.63, 3.8) is 0 Å². The first kappa shape index (κ1) is 14.6. The maximum Gasteiger partial charge on any atom is 0.272 e. The number of aromatic nitrogens is 2. The second kappa shape index (κ2) is 5.79. The van der Waals surface area contributed by atoms with Gasteiger partial charge in [0.2, 0.25) is 0 Å². The number of fused-ring (bicyclic) bond motifs is 1. The molecule has 0 aliphatic heterocycles. The van der Waals surface area contributed by atoms with Gasteiger partial charge in [0, 0.05) is 11.3 Å². The Kier molecular flexibility index (Phi) is 4.02. The van der Waals surface area contributed by atoms with E-state index in [1.54, 1.807) is 0 Å². The zero-order valence-electron chi connectivity index (χ0n) is 12.7. The molecule has 0 spiro atoms. The SMILES string of the molecule is C[C@@](CO)(NC(=O)c1n[nH]c2c1CCC2)C1CCCCC1. The van der Waals surface area contributed by atoms with E-state index in [1.807, 2.05) is 6.92 Å². The van der Waals surface area contributed by atoms with Crippen LogP contribution in [-0.4, -0.2) is 33.4 Å². The van der Waals surface area contributed by atoms with Crippen molar-refractivity contribution in [3.8, 4) is 0 Å². The summed E-state index contributed by atoms with van der Waals surface area (Å²) in [6.07, 6.45) is 8.79. The number of aliphatic hydroxyl groups excluding tert-OH is 1. The zero-order valence-corrected chi connectivity index (χ0v) is 12.7. The zero-order chi connectivity index (χ0) is 14.9. The van der Waals surface area contributed by atoms with Crippen molar-refractivity contribution >= 4 is 5.91 Å². The third kappa shape index (κ3) is 2.71. The average Bonchev–Trinajstić information content (AvgIpc) is 3.10. The lowest BCUT2D eigenvalue weighted by Gasteiger charge is -2.39. The lowest BCUT2D eigenvalue weighted by atomic mass is 9.76. The summed E-state index contributed by atoms with van der Waals surface area (Å²) in [6.45, 7) is 1.95. The van der Waals surface area contributed by atoms with Gasteiger partial charge >= 0.3 is 0 Å². The Morgan fingerprint density at radius 2 is 2.10 bits per heavy atom. The molecule has 5 nitrogen and oxygen atoms in total. The van der Waals surface area contributed by atoms with Crippen LogP contribution in [0.1, 0.15) is 67.2 Å². The van der Waals surface area contributed by atoms with Gasteiger partial charge in [-0.05, 0) is 44.9 Å². The molecule has 0 radical (unpaired) electrons. The number of carbonyl (C=O) groups excluding carboxylic acids is 1. The van der Waals surface area contributed by atoms with E-state index in [9.17, 15) is 9.90 Å². The summed E-state index contributed by atoms with van der Waals surface area (Å²) in [7, 11) is 0. The topological polar surface area (TPSA) is 78.0 Å². The van der Waals surface area contributed by atoms with Gasteiger partial charge in [0.1, 0.15) is 0 Å². The molecule has 116 valence electrons. The van der Waals surface area contributed by atoms with Crippen molar-refractivity contribution in [2.75, 3.05) is 6.61 Å². The summed E-state index contributed by atoms with van der Waals surface area (Å²) in [4.78, 5) is 12.6. The second-order valence-corrected chi connectivity index (χ2v) is 6.75. The molecule has 2 aliphatic rings. The number of rotatable bonds is 4. The van der Waals surface area contributed by atoms with E-state index in [1.165, 1.54) is 19.3 Å². The van der Waals surface area contributed by atoms with Crippen LogP contribution in [0.4, 0.5) is 0 Å². The Balaban J connectivity index is 1.75. The smallest absolute Gasteiger partial charge is 0.272 e. The number of amides is 1. The molecule has 0 bridgehead atoms. The van der Waals surface area contributed by atoms with E-state index in [-0.39, 0.29) is 12.5 Å². The minimum Gasteiger partial charge on any atom is -0.394 e. The molecule has 3 N–H and O–H groups in total. The maximum atomic E-state index is 12.6. The fourth-order valence-electron chi connectivity index (χ4n) is 3.84. The summed E-state index contributed by atoms with van der Waals surface area (Å²) in [5.41, 5.74) is 2.15. The summed E-state index contributed by atoms with van der Waals surface area (Å²) >= 11 is 0. The highest BCUT2D eigenvalue weighted by atomic mass is 16.3. The van der Waals surface area contributed by atoms with Crippen LogP contribution < -0.4 is 5.32 Å². The van der Waals surface area contributed by atoms with E-state index in [4.69, 9.17) is 0 Å². The summed E-state index contributed by atoms with van der Waals surface area (Å²) in [5, 5.41) is 20.1. The Labute approximate surface area is 125 Å². The molecule has 1 aromatic heterocycles. The van der Waals surface area contributed by atoms with Crippen molar-refractivity contribution in [2.45, 2.75) is 63.8 Å². The van der Waals surface area contributed by atoms with Gasteiger partial charge in [-0.1, -0.05) is 19.3 Å². The molecule has 0 saturated heterocycles. The molecule has 1 heterocycles. The minimum absolute atomic E-state index is 0.0178. The van der Waals surface area contributed by atoms with Crippen LogP contribution in [0.5, 0.6) is 0 Å². The van der Waals surface area contributed by atoms with Gasteiger partial charge in [-0.2, -0.15) is 5.10 Å². The quantitative estimate of drug-likeness (QED) is 0.793. The number of carbonyl (C=O) groups is 1. The summed E-state index contributed by atoms with van der Waals surface area (Å²) in [5.74, 6) is 0.212. The number of aryl methyl sites for hydroxylation is 1. The van der Waals surface area contributed by atoms with Crippen LogP contribution in [-0.2, 0) is 12.8 Å². The fraction of sp³-hybridized carbons (Fsp3) is 0.750. The van der Waals surface area contributed by atoms with E-state index in [0.717, 1.165) is 43.4 Å². The Morgan fingerprint density at radius 3 is 2.81 bits per heavy atom. The number of aliphatic hydroxyl groups is 1. The van der Waals surface area contributed by atoms with Crippen molar-refractivity contribution in [3.05, 3.63) is 17.0 Å². The minimum atomic E-state index is -0.540. The number of nitrogens with zero attached hydrogens (tertiary/aromatic N) is 1. The summed E-state index contributed by atoms with van der Waals surface area (Å²) in [6, 6.07) is 0. The van der Waals surface area contributed by atoms with E-state index >= 15 is 0 Å². The molecule has 0 unspecified atom stereocenters. The Morgan fingerprint density at radius 1 is 1.33 bits per heavy atom. The summed E-state index contributed by atoms with van der Waals surface area (Å²) < 4.78 is 0. The van der Waals surface area contributed by atoms with Crippen molar-refractivity contribution in [1.29, 1.82) is 0 Å². The van der Waals surface area contributed by atoms with E-state index in [2.05, 4.69) is 15.5 Å². The molecule has 5 heteroatoms. The highest BCUT2D eigenvalue weighted by Gasteiger charge is 2.37. The van der Waals surface area contributed by atoms with Gasteiger partial charge in [0.15, 0.2) is 5.69 Å². The number of H-pyrrole nitrogens is 1. The van der Waals surface area contributed by atoms with Crippen LogP contribution in [0.25, 0.3) is 0 Å². The maximum absolute atomic E-state index is 12.6. The largest absolute Gasteiger partial charge is 0.394 e. The van der Waals surface area contributed by atoms with Crippen molar-refractivity contribution < 1.29 is 9.90 Å². The van der Waals surface area contributed by atoms with Gasteiger partial charge in [-0.25, -0.2) is 0 Å². The van der Waals surface area contributed by atoms with Crippen LogP contribution in [0.2, 0.25) is 0 Å². The predicted molar refractivity (Wildman–Crippen MR) is 80.1 cm³/mol. The standard InChI is InChI=1S/C16H25N3O2/c1-16(10-20,11-6-3-2-4-7-11)17-15(21)14-12-8-5-9-13(12)18-19-14/h11,20H,2-10H2,1H3,(H,17,21)(H,18,19)/t16-/m0/s1. The van der Waals surface area contributed by atoms with Crippen LogP contribution >= 0.6 is 0 Å². The third-order valence-electron chi connectivity index (χ3n) is 5.26. The average molecular weight is 291 g/mol. The molecule has 0 aromatic carbocycles. The molecule has 1 saturated carbocycles. The predicted octanol–water partition coefficient (Wildman–Crippen LogP) is 1.96. The lowest BCUT2D eigenvalue weighted by Crippen LogP contribution is -2.55. The Hall–Kier alpha value is -1.36. The molecular formula is C16H25N3O2. The molecule has 1 fully saturated rings. The molecule has 1 atom stereocenters. The Bertz CT molecular complexity index is 520. The normalized spacial score (nSPS) is 21.8. The van der Waals surface area contributed by atoms with Crippen LogP contribution in [0.3, 0.4) is 0 Å². The lowest BCUT2D eigenvalue weighted by molar-refractivity contribution is 0.0675. The number of nitrogens with one attached hydrogen (secondary N) is 2. The molecular weight excluding hydrogens is 266 g/mol. The first-order valence-electron chi connectivity index (χ1n) is 8.13.